The average molecular weight is 336 g/mol. The molecular weight excluding hydrogens is 312 g/mol. The van der Waals surface area contributed by atoms with E-state index in [0.717, 1.165) is 43.9 Å². The lowest BCUT2D eigenvalue weighted by Crippen LogP contribution is -2.45. The maximum Gasteiger partial charge on any atom is 0.237 e. The number of hydrogen-bond acceptors (Lipinski definition) is 4. The second kappa shape index (κ2) is 7.31. The lowest BCUT2D eigenvalue weighted by atomic mass is 10.0. The summed E-state index contributed by atoms with van der Waals surface area (Å²) in [6, 6.07) is 10.1. The zero-order chi connectivity index (χ0) is 17.1. The zero-order valence-electron chi connectivity index (χ0n) is 14.4. The maximum absolute atomic E-state index is 12.6. The molecule has 25 heavy (non-hydrogen) atoms. The predicted molar refractivity (Wildman–Crippen MR) is 96.0 cm³/mol. The highest BCUT2D eigenvalue weighted by molar-refractivity contribution is 5.82. The van der Waals surface area contributed by atoms with Gasteiger partial charge < -0.3 is 5.32 Å². The standard InChI is InChI=1S/C20H24N4O/c25-20-18(11-15-5-2-1-3-6-15)24(10-4-9-21-20)14-16-12-22-19(23-13-16)17-7-8-17/h1-3,5-6,12-13,17-18H,4,7-11,14H2,(H,21,25). The first-order chi connectivity index (χ1) is 12.3. The molecule has 0 bridgehead atoms. The highest BCUT2D eigenvalue weighted by Crippen LogP contribution is 2.37. The summed E-state index contributed by atoms with van der Waals surface area (Å²) in [7, 11) is 0. The molecule has 1 N–H and O–H groups in total. The molecule has 2 heterocycles. The minimum Gasteiger partial charge on any atom is -0.355 e. The number of carbonyl (C=O) groups excluding carboxylic acids is 1. The summed E-state index contributed by atoms with van der Waals surface area (Å²) < 4.78 is 0. The van der Waals surface area contributed by atoms with E-state index < -0.39 is 0 Å². The van der Waals surface area contributed by atoms with Crippen molar-refractivity contribution in [3.8, 4) is 0 Å². The van der Waals surface area contributed by atoms with Gasteiger partial charge in [0.05, 0.1) is 6.04 Å². The number of aromatic nitrogens is 2. The van der Waals surface area contributed by atoms with E-state index in [9.17, 15) is 4.79 Å². The topological polar surface area (TPSA) is 58.1 Å². The molecule has 1 aliphatic heterocycles. The summed E-state index contributed by atoms with van der Waals surface area (Å²) in [6.45, 7) is 2.37. The Bertz CT molecular complexity index is 712. The molecule has 5 heteroatoms. The molecule has 2 aromatic rings. The third-order valence-electron chi connectivity index (χ3n) is 4.99. The number of amides is 1. The van der Waals surface area contributed by atoms with E-state index >= 15 is 0 Å². The molecule has 1 unspecified atom stereocenters. The summed E-state index contributed by atoms with van der Waals surface area (Å²) in [6.07, 6.45) is 7.99. The van der Waals surface area contributed by atoms with Crippen molar-refractivity contribution in [3.63, 3.8) is 0 Å². The number of nitrogens with zero attached hydrogens (tertiary/aromatic N) is 3. The van der Waals surface area contributed by atoms with Crippen LogP contribution in [0.4, 0.5) is 0 Å². The van der Waals surface area contributed by atoms with Gasteiger partial charge in [-0.2, -0.15) is 0 Å². The van der Waals surface area contributed by atoms with Crippen LogP contribution in [0.2, 0.25) is 0 Å². The molecule has 0 spiro atoms. The number of nitrogens with one attached hydrogen (secondary N) is 1. The summed E-state index contributed by atoms with van der Waals surface area (Å²) >= 11 is 0. The van der Waals surface area contributed by atoms with Crippen molar-refractivity contribution >= 4 is 5.91 Å². The first kappa shape index (κ1) is 16.2. The molecule has 1 aliphatic carbocycles. The first-order valence-electron chi connectivity index (χ1n) is 9.16. The molecule has 1 saturated carbocycles. The van der Waals surface area contributed by atoms with Crippen LogP contribution in [0.1, 0.15) is 42.1 Å². The van der Waals surface area contributed by atoms with E-state index in [2.05, 4.69) is 32.3 Å². The van der Waals surface area contributed by atoms with Gasteiger partial charge in [0.1, 0.15) is 5.82 Å². The van der Waals surface area contributed by atoms with Crippen LogP contribution in [0.15, 0.2) is 42.7 Å². The number of hydrogen-bond donors (Lipinski definition) is 1. The van der Waals surface area contributed by atoms with Gasteiger partial charge in [0.15, 0.2) is 0 Å². The van der Waals surface area contributed by atoms with Gasteiger partial charge >= 0.3 is 0 Å². The predicted octanol–water partition coefficient (Wildman–Crippen LogP) is 2.29. The molecule has 130 valence electrons. The van der Waals surface area contributed by atoms with Crippen molar-refractivity contribution in [1.29, 1.82) is 0 Å². The van der Waals surface area contributed by atoms with Crippen molar-refractivity contribution in [1.82, 2.24) is 20.2 Å². The summed E-state index contributed by atoms with van der Waals surface area (Å²) in [4.78, 5) is 23.9. The van der Waals surface area contributed by atoms with Gasteiger partial charge in [0.2, 0.25) is 5.91 Å². The van der Waals surface area contributed by atoms with E-state index in [1.165, 1.54) is 18.4 Å². The molecule has 1 atom stereocenters. The van der Waals surface area contributed by atoms with E-state index in [1.807, 2.05) is 30.6 Å². The number of rotatable bonds is 5. The van der Waals surface area contributed by atoms with Gasteiger partial charge in [-0.1, -0.05) is 30.3 Å². The van der Waals surface area contributed by atoms with Crippen LogP contribution in [0.3, 0.4) is 0 Å². The van der Waals surface area contributed by atoms with Crippen molar-refractivity contribution in [2.24, 2.45) is 0 Å². The van der Waals surface area contributed by atoms with Crippen LogP contribution in [0.25, 0.3) is 0 Å². The molecule has 2 fully saturated rings. The largest absolute Gasteiger partial charge is 0.355 e. The van der Waals surface area contributed by atoms with Gasteiger partial charge in [0, 0.05) is 43.5 Å². The Hall–Kier alpha value is -2.27. The Kier molecular flexibility index (Phi) is 4.74. The SMILES string of the molecule is O=C1NCCCN(Cc2cnc(C3CC3)nc2)C1Cc1ccccc1. The number of benzene rings is 1. The second-order valence-corrected chi connectivity index (χ2v) is 7.04. The highest BCUT2D eigenvalue weighted by Gasteiger charge is 2.29. The minimum absolute atomic E-state index is 0.122. The van der Waals surface area contributed by atoms with E-state index in [-0.39, 0.29) is 11.9 Å². The third-order valence-corrected chi connectivity index (χ3v) is 4.99. The lowest BCUT2D eigenvalue weighted by molar-refractivity contribution is -0.125. The molecule has 4 rings (SSSR count). The quantitative estimate of drug-likeness (QED) is 0.910. The van der Waals surface area contributed by atoms with Gasteiger partial charge in [0.25, 0.3) is 0 Å². The van der Waals surface area contributed by atoms with Gasteiger partial charge in [-0.25, -0.2) is 9.97 Å². The van der Waals surface area contributed by atoms with Crippen molar-refractivity contribution in [3.05, 3.63) is 59.7 Å². The molecule has 0 radical (unpaired) electrons. The third kappa shape index (κ3) is 4.04. The van der Waals surface area contributed by atoms with Crippen molar-refractivity contribution < 1.29 is 4.79 Å². The van der Waals surface area contributed by atoms with Crippen molar-refractivity contribution in [2.45, 2.75) is 44.2 Å². The minimum atomic E-state index is -0.145. The zero-order valence-corrected chi connectivity index (χ0v) is 14.4. The second-order valence-electron chi connectivity index (χ2n) is 7.04. The van der Waals surface area contributed by atoms with Crippen LogP contribution >= 0.6 is 0 Å². The average Bonchev–Trinajstić information content (AvgIpc) is 3.49. The van der Waals surface area contributed by atoms with Crippen LogP contribution in [-0.2, 0) is 17.8 Å². The first-order valence-corrected chi connectivity index (χ1v) is 9.16. The molecule has 1 saturated heterocycles. The van der Waals surface area contributed by atoms with E-state index in [1.54, 1.807) is 0 Å². The van der Waals surface area contributed by atoms with Crippen molar-refractivity contribution in [2.75, 3.05) is 13.1 Å². The Balaban J connectivity index is 1.50. The molecule has 1 amide bonds. The van der Waals surface area contributed by atoms with Crippen LogP contribution in [0.5, 0.6) is 0 Å². The Morgan fingerprint density at radius 1 is 1.08 bits per heavy atom. The molecule has 2 aliphatic rings. The Labute approximate surface area is 148 Å². The fourth-order valence-electron chi connectivity index (χ4n) is 3.41. The maximum atomic E-state index is 12.6. The summed E-state index contributed by atoms with van der Waals surface area (Å²) in [5.41, 5.74) is 2.27. The molecule has 5 nitrogen and oxygen atoms in total. The molecular formula is C20H24N4O. The highest BCUT2D eigenvalue weighted by atomic mass is 16.2. The fourth-order valence-corrected chi connectivity index (χ4v) is 3.41. The fraction of sp³-hybridized carbons (Fsp3) is 0.450. The van der Waals surface area contributed by atoms with E-state index in [0.29, 0.717) is 5.92 Å². The van der Waals surface area contributed by atoms with Gasteiger partial charge in [-0.15, -0.1) is 0 Å². The summed E-state index contributed by atoms with van der Waals surface area (Å²) in [5.74, 6) is 1.67. The monoisotopic (exact) mass is 336 g/mol. The normalized spacial score (nSPS) is 21.6. The van der Waals surface area contributed by atoms with Crippen LogP contribution in [0, 0.1) is 0 Å². The molecule has 1 aromatic heterocycles. The smallest absolute Gasteiger partial charge is 0.237 e. The Morgan fingerprint density at radius 3 is 2.56 bits per heavy atom. The van der Waals surface area contributed by atoms with Crippen LogP contribution in [-0.4, -0.2) is 39.9 Å². The summed E-state index contributed by atoms with van der Waals surface area (Å²) in [5, 5.41) is 3.05. The van der Waals surface area contributed by atoms with Crippen LogP contribution < -0.4 is 5.32 Å². The van der Waals surface area contributed by atoms with Gasteiger partial charge in [-0.05, 0) is 31.2 Å². The van der Waals surface area contributed by atoms with E-state index in [4.69, 9.17) is 0 Å². The molecule has 1 aromatic carbocycles. The Morgan fingerprint density at radius 2 is 1.84 bits per heavy atom. The number of carbonyl (C=O) groups is 1. The lowest BCUT2D eigenvalue weighted by Gasteiger charge is -2.28. The van der Waals surface area contributed by atoms with Gasteiger partial charge in [-0.3, -0.25) is 9.69 Å².